The van der Waals surface area contributed by atoms with Crippen LogP contribution in [-0.4, -0.2) is 16.7 Å². The summed E-state index contributed by atoms with van der Waals surface area (Å²) < 4.78 is 7.29. The van der Waals surface area contributed by atoms with Crippen LogP contribution in [0.25, 0.3) is 5.69 Å². The van der Waals surface area contributed by atoms with Gasteiger partial charge in [-0.3, -0.25) is 4.57 Å². The van der Waals surface area contributed by atoms with Gasteiger partial charge in [0.2, 0.25) is 0 Å². The van der Waals surface area contributed by atoms with Gasteiger partial charge in [0.15, 0.2) is 0 Å². The number of ether oxygens (including phenoxy) is 1. The maximum atomic E-state index is 6.10. The quantitative estimate of drug-likeness (QED) is 0.928. The van der Waals surface area contributed by atoms with Crippen molar-refractivity contribution in [1.82, 2.24) is 9.55 Å². The van der Waals surface area contributed by atoms with Crippen molar-refractivity contribution >= 4 is 11.6 Å². The lowest BCUT2D eigenvalue weighted by atomic mass is 10.2. The van der Waals surface area contributed by atoms with E-state index in [-0.39, 0.29) is 6.04 Å². The SMILES string of the molecule is COc1cc(Cl)c(C)cc1-n1cncc1C(C)N. The van der Waals surface area contributed by atoms with Crippen LogP contribution in [0.4, 0.5) is 0 Å². The monoisotopic (exact) mass is 265 g/mol. The number of hydrogen-bond acceptors (Lipinski definition) is 3. The van der Waals surface area contributed by atoms with E-state index >= 15 is 0 Å². The van der Waals surface area contributed by atoms with Crippen LogP contribution in [0.1, 0.15) is 24.2 Å². The molecule has 0 spiro atoms. The molecule has 0 aliphatic carbocycles. The predicted molar refractivity (Wildman–Crippen MR) is 72.5 cm³/mol. The topological polar surface area (TPSA) is 53.1 Å². The number of benzene rings is 1. The van der Waals surface area contributed by atoms with Gasteiger partial charge in [0.05, 0.1) is 31.0 Å². The molecule has 1 aromatic carbocycles. The fourth-order valence-corrected chi connectivity index (χ4v) is 2.00. The van der Waals surface area contributed by atoms with Gasteiger partial charge >= 0.3 is 0 Å². The molecule has 18 heavy (non-hydrogen) atoms. The van der Waals surface area contributed by atoms with Crippen LogP contribution >= 0.6 is 11.6 Å². The Balaban J connectivity index is 2.63. The smallest absolute Gasteiger partial charge is 0.144 e. The second-order valence-corrected chi connectivity index (χ2v) is 4.66. The summed E-state index contributed by atoms with van der Waals surface area (Å²) >= 11 is 6.10. The minimum absolute atomic E-state index is 0.104. The Morgan fingerprint density at radius 3 is 2.78 bits per heavy atom. The molecule has 2 N–H and O–H groups in total. The van der Waals surface area contributed by atoms with Crippen molar-refractivity contribution in [2.45, 2.75) is 19.9 Å². The standard InChI is InChI=1S/C13H16ClN3O/c1-8-4-11(13(18-3)5-10(8)14)17-7-16-6-12(17)9(2)15/h4-7,9H,15H2,1-3H3. The number of nitrogens with two attached hydrogens (primary N) is 1. The molecule has 0 aliphatic heterocycles. The van der Waals surface area contributed by atoms with E-state index < -0.39 is 0 Å². The lowest BCUT2D eigenvalue weighted by molar-refractivity contribution is 0.412. The van der Waals surface area contributed by atoms with E-state index in [2.05, 4.69) is 4.98 Å². The van der Waals surface area contributed by atoms with Gasteiger partial charge in [-0.2, -0.15) is 0 Å². The molecule has 2 aromatic rings. The van der Waals surface area contributed by atoms with Gasteiger partial charge in [-0.05, 0) is 25.5 Å². The summed E-state index contributed by atoms with van der Waals surface area (Å²) in [5.41, 5.74) is 8.73. The van der Waals surface area contributed by atoms with Crippen molar-refractivity contribution in [3.05, 3.63) is 40.9 Å². The molecule has 0 radical (unpaired) electrons. The fourth-order valence-electron chi connectivity index (χ4n) is 1.84. The van der Waals surface area contributed by atoms with Crippen LogP contribution in [0, 0.1) is 6.92 Å². The maximum Gasteiger partial charge on any atom is 0.144 e. The molecule has 4 nitrogen and oxygen atoms in total. The third kappa shape index (κ3) is 2.21. The van der Waals surface area contributed by atoms with Gasteiger partial charge in [-0.25, -0.2) is 4.98 Å². The van der Waals surface area contributed by atoms with Crippen LogP contribution < -0.4 is 10.5 Å². The normalized spacial score (nSPS) is 12.5. The molecular weight excluding hydrogens is 250 g/mol. The molecule has 0 saturated heterocycles. The summed E-state index contributed by atoms with van der Waals surface area (Å²) in [7, 11) is 1.62. The Morgan fingerprint density at radius 2 is 2.17 bits per heavy atom. The summed E-state index contributed by atoms with van der Waals surface area (Å²) in [5.74, 6) is 0.700. The third-order valence-electron chi connectivity index (χ3n) is 2.85. The van der Waals surface area contributed by atoms with E-state index in [1.165, 1.54) is 0 Å². The zero-order valence-electron chi connectivity index (χ0n) is 10.6. The van der Waals surface area contributed by atoms with E-state index in [0.717, 1.165) is 16.9 Å². The van der Waals surface area contributed by atoms with E-state index in [1.807, 2.05) is 24.5 Å². The minimum atomic E-state index is -0.104. The molecule has 5 heteroatoms. The first-order valence-electron chi connectivity index (χ1n) is 5.67. The summed E-state index contributed by atoms with van der Waals surface area (Å²) in [6, 6.07) is 3.67. The summed E-state index contributed by atoms with van der Waals surface area (Å²) in [4.78, 5) is 4.14. The summed E-state index contributed by atoms with van der Waals surface area (Å²) in [5, 5.41) is 0.679. The van der Waals surface area contributed by atoms with Crippen molar-refractivity contribution in [2.24, 2.45) is 5.73 Å². The van der Waals surface area contributed by atoms with Gasteiger partial charge in [-0.1, -0.05) is 11.6 Å². The van der Waals surface area contributed by atoms with Gasteiger partial charge in [0, 0.05) is 17.1 Å². The van der Waals surface area contributed by atoms with Crippen molar-refractivity contribution in [2.75, 3.05) is 7.11 Å². The molecule has 0 amide bonds. The summed E-state index contributed by atoms with van der Waals surface area (Å²) in [6.45, 7) is 3.87. The molecule has 0 saturated carbocycles. The number of methoxy groups -OCH3 is 1. The Morgan fingerprint density at radius 1 is 1.44 bits per heavy atom. The number of halogens is 1. The van der Waals surface area contributed by atoms with Crippen molar-refractivity contribution in [3.8, 4) is 11.4 Å². The van der Waals surface area contributed by atoms with Gasteiger partial charge in [0.25, 0.3) is 0 Å². The number of imidazole rings is 1. The van der Waals surface area contributed by atoms with Gasteiger partial charge in [-0.15, -0.1) is 0 Å². The molecule has 1 unspecified atom stereocenters. The van der Waals surface area contributed by atoms with Gasteiger partial charge in [0.1, 0.15) is 5.75 Å². The van der Waals surface area contributed by atoms with Crippen molar-refractivity contribution < 1.29 is 4.74 Å². The maximum absolute atomic E-state index is 6.10. The number of hydrogen-bond donors (Lipinski definition) is 1. The molecule has 0 bridgehead atoms. The number of rotatable bonds is 3. The van der Waals surface area contributed by atoms with Crippen LogP contribution in [-0.2, 0) is 0 Å². The molecule has 1 heterocycles. The third-order valence-corrected chi connectivity index (χ3v) is 3.26. The predicted octanol–water partition coefficient (Wildman–Crippen LogP) is 2.86. The lowest BCUT2D eigenvalue weighted by Gasteiger charge is -2.15. The zero-order chi connectivity index (χ0) is 13.3. The molecular formula is C13H16ClN3O. The average molecular weight is 266 g/mol. The number of aryl methyl sites for hydroxylation is 1. The zero-order valence-corrected chi connectivity index (χ0v) is 11.4. The van der Waals surface area contributed by atoms with Crippen molar-refractivity contribution in [1.29, 1.82) is 0 Å². The van der Waals surface area contributed by atoms with Crippen LogP contribution in [0.5, 0.6) is 5.75 Å². The van der Waals surface area contributed by atoms with Crippen LogP contribution in [0.3, 0.4) is 0 Å². The van der Waals surface area contributed by atoms with Crippen LogP contribution in [0.15, 0.2) is 24.7 Å². The highest BCUT2D eigenvalue weighted by Gasteiger charge is 2.14. The summed E-state index contributed by atoms with van der Waals surface area (Å²) in [6.07, 6.45) is 3.48. The Bertz CT molecular complexity index is 563. The van der Waals surface area contributed by atoms with E-state index in [0.29, 0.717) is 10.8 Å². The molecule has 0 fully saturated rings. The number of aromatic nitrogens is 2. The largest absolute Gasteiger partial charge is 0.495 e. The Labute approximate surface area is 111 Å². The second-order valence-electron chi connectivity index (χ2n) is 4.25. The highest BCUT2D eigenvalue weighted by Crippen LogP contribution is 2.31. The molecule has 0 aliphatic rings. The molecule has 1 aromatic heterocycles. The van der Waals surface area contributed by atoms with E-state index in [4.69, 9.17) is 22.1 Å². The highest BCUT2D eigenvalue weighted by molar-refractivity contribution is 6.31. The first-order valence-corrected chi connectivity index (χ1v) is 6.04. The fraction of sp³-hybridized carbons (Fsp3) is 0.308. The van der Waals surface area contributed by atoms with Crippen LogP contribution in [0.2, 0.25) is 5.02 Å². The highest BCUT2D eigenvalue weighted by atomic mass is 35.5. The van der Waals surface area contributed by atoms with Crippen molar-refractivity contribution in [3.63, 3.8) is 0 Å². The van der Waals surface area contributed by atoms with E-state index in [1.54, 1.807) is 25.7 Å². The van der Waals surface area contributed by atoms with E-state index in [9.17, 15) is 0 Å². The molecule has 96 valence electrons. The molecule has 1 atom stereocenters. The average Bonchev–Trinajstić information content (AvgIpc) is 2.81. The molecule has 2 rings (SSSR count). The van der Waals surface area contributed by atoms with Gasteiger partial charge < -0.3 is 10.5 Å². The second kappa shape index (κ2) is 5.00. The first kappa shape index (κ1) is 12.9. The minimum Gasteiger partial charge on any atom is -0.495 e. The lowest BCUT2D eigenvalue weighted by Crippen LogP contribution is -2.11. The first-order chi connectivity index (χ1) is 8.54. The number of nitrogens with zero attached hydrogens (tertiary/aromatic N) is 2. The Hall–Kier alpha value is -1.52. The Kier molecular flexibility index (Phi) is 3.59.